The zero-order valence-corrected chi connectivity index (χ0v) is 10.5. The fourth-order valence-electron chi connectivity index (χ4n) is 1.48. The molecule has 0 fully saturated rings. The van der Waals surface area contributed by atoms with E-state index in [2.05, 4.69) is 9.97 Å². The molecule has 0 saturated carbocycles. The maximum atomic E-state index is 11.3. The van der Waals surface area contributed by atoms with Gasteiger partial charge >= 0.3 is 0 Å². The van der Waals surface area contributed by atoms with Crippen molar-refractivity contribution in [2.75, 3.05) is 0 Å². The molecule has 0 amide bonds. The molecule has 0 aliphatic heterocycles. The monoisotopic (exact) mass is 265 g/mol. The highest BCUT2D eigenvalue weighted by atomic mass is 35.5. The topological polar surface area (TPSA) is 81.0 Å². The summed E-state index contributed by atoms with van der Waals surface area (Å²) in [4.78, 5) is 17.8. The minimum absolute atomic E-state index is 0.229. The Balaban J connectivity index is 2.28. The Morgan fingerprint density at radius 1 is 1.44 bits per heavy atom. The summed E-state index contributed by atoms with van der Waals surface area (Å²) in [6.45, 7) is 2.04. The van der Waals surface area contributed by atoms with Gasteiger partial charge in [0.25, 0.3) is 5.56 Å². The third-order valence-electron chi connectivity index (χ3n) is 2.30. The summed E-state index contributed by atoms with van der Waals surface area (Å²) in [5.41, 5.74) is 6.08. The number of ether oxygens (including phenoxy) is 1. The van der Waals surface area contributed by atoms with Crippen molar-refractivity contribution in [3.05, 3.63) is 51.0 Å². The number of hydrogen-bond acceptors (Lipinski definition) is 4. The molecule has 5 nitrogen and oxygen atoms in total. The minimum Gasteiger partial charge on any atom is -0.439 e. The van der Waals surface area contributed by atoms with Gasteiger partial charge < -0.3 is 15.5 Å². The highest BCUT2D eigenvalue weighted by molar-refractivity contribution is 6.31. The van der Waals surface area contributed by atoms with Crippen LogP contribution in [0.2, 0.25) is 5.02 Å². The summed E-state index contributed by atoms with van der Waals surface area (Å²) in [7, 11) is 0. The molecule has 0 spiro atoms. The number of hydrogen-bond donors (Lipinski definition) is 2. The van der Waals surface area contributed by atoms with Crippen molar-refractivity contribution >= 4 is 11.6 Å². The van der Waals surface area contributed by atoms with Crippen LogP contribution in [0, 0.1) is 6.92 Å². The van der Waals surface area contributed by atoms with Gasteiger partial charge in [-0.05, 0) is 24.6 Å². The van der Waals surface area contributed by atoms with Crippen LogP contribution < -0.4 is 16.0 Å². The number of nitrogens with two attached hydrogens (primary N) is 1. The van der Waals surface area contributed by atoms with Crippen LogP contribution in [0.1, 0.15) is 11.4 Å². The van der Waals surface area contributed by atoms with Gasteiger partial charge in [0.1, 0.15) is 11.6 Å². The van der Waals surface area contributed by atoms with Gasteiger partial charge in [-0.3, -0.25) is 4.79 Å². The van der Waals surface area contributed by atoms with Crippen molar-refractivity contribution in [2.24, 2.45) is 5.73 Å². The average molecular weight is 266 g/mol. The Morgan fingerprint density at radius 2 is 2.22 bits per heavy atom. The second-order valence-corrected chi connectivity index (χ2v) is 4.14. The molecule has 2 aromatic rings. The Labute approximate surface area is 109 Å². The summed E-state index contributed by atoms with van der Waals surface area (Å²) in [6, 6.07) is 6.42. The first-order valence-corrected chi connectivity index (χ1v) is 5.70. The van der Waals surface area contributed by atoms with Crippen molar-refractivity contribution in [3.8, 4) is 11.6 Å². The molecule has 0 saturated heterocycles. The van der Waals surface area contributed by atoms with Crippen LogP contribution in [0.25, 0.3) is 0 Å². The molecule has 0 bridgehead atoms. The van der Waals surface area contributed by atoms with Crippen molar-refractivity contribution in [1.29, 1.82) is 0 Å². The Kier molecular flexibility index (Phi) is 3.64. The highest BCUT2D eigenvalue weighted by Gasteiger charge is 2.04. The van der Waals surface area contributed by atoms with Gasteiger partial charge in [0, 0.05) is 11.6 Å². The fourth-order valence-corrected chi connectivity index (χ4v) is 1.73. The summed E-state index contributed by atoms with van der Waals surface area (Å²) in [5.74, 6) is 1.23. The van der Waals surface area contributed by atoms with E-state index in [1.54, 1.807) is 25.1 Å². The lowest BCUT2D eigenvalue weighted by atomic mass is 10.2. The highest BCUT2D eigenvalue weighted by Crippen LogP contribution is 2.25. The predicted molar refractivity (Wildman–Crippen MR) is 69.0 cm³/mol. The van der Waals surface area contributed by atoms with Crippen molar-refractivity contribution in [3.63, 3.8) is 0 Å². The van der Waals surface area contributed by atoms with Gasteiger partial charge in [-0.15, -0.1) is 0 Å². The molecule has 1 aromatic carbocycles. The number of nitrogens with one attached hydrogen (secondary N) is 1. The van der Waals surface area contributed by atoms with Crippen LogP contribution in [0.3, 0.4) is 0 Å². The van der Waals surface area contributed by atoms with Crippen molar-refractivity contribution < 1.29 is 4.74 Å². The van der Waals surface area contributed by atoms with E-state index in [-0.39, 0.29) is 11.4 Å². The number of aromatic nitrogens is 2. The quantitative estimate of drug-likeness (QED) is 0.889. The predicted octanol–water partition coefficient (Wildman–Crippen LogP) is 1.98. The molecule has 0 unspecified atom stereocenters. The third-order valence-corrected chi connectivity index (χ3v) is 2.66. The number of halogens is 1. The Bertz CT molecular complexity index is 625. The van der Waals surface area contributed by atoms with E-state index in [1.165, 1.54) is 6.07 Å². The standard InChI is InChI=1S/C12H12ClN3O2/c1-7-15-11(17)5-12(16-7)18-9-3-2-8(6-14)10(13)4-9/h2-5H,6,14H2,1H3,(H,15,16,17). The largest absolute Gasteiger partial charge is 0.439 e. The first kappa shape index (κ1) is 12.6. The third kappa shape index (κ3) is 2.88. The first-order valence-electron chi connectivity index (χ1n) is 5.33. The molecule has 94 valence electrons. The SMILES string of the molecule is Cc1nc(Oc2ccc(CN)c(Cl)c2)cc(=O)[nH]1. The molecule has 0 atom stereocenters. The molecule has 1 aromatic heterocycles. The number of benzene rings is 1. The summed E-state index contributed by atoms with van der Waals surface area (Å²) < 4.78 is 5.46. The second kappa shape index (κ2) is 5.20. The van der Waals surface area contributed by atoms with Gasteiger partial charge in [-0.1, -0.05) is 17.7 Å². The van der Waals surface area contributed by atoms with E-state index in [9.17, 15) is 4.79 Å². The van der Waals surface area contributed by atoms with Gasteiger partial charge in [0.2, 0.25) is 5.88 Å². The lowest BCUT2D eigenvalue weighted by molar-refractivity contribution is 0.458. The molecular weight excluding hydrogens is 254 g/mol. The molecule has 2 rings (SSSR count). The summed E-state index contributed by atoms with van der Waals surface area (Å²) >= 11 is 6.01. The maximum Gasteiger partial charge on any atom is 0.254 e. The van der Waals surface area contributed by atoms with Crippen molar-refractivity contribution in [2.45, 2.75) is 13.5 Å². The number of aryl methyl sites for hydroxylation is 1. The number of H-pyrrole nitrogens is 1. The van der Waals surface area contributed by atoms with Crippen molar-refractivity contribution in [1.82, 2.24) is 9.97 Å². The number of rotatable bonds is 3. The van der Waals surface area contributed by atoms with E-state index in [4.69, 9.17) is 22.1 Å². The van der Waals surface area contributed by atoms with Crippen LogP contribution in [0.15, 0.2) is 29.1 Å². The number of nitrogens with zero attached hydrogens (tertiary/aromatic N) is 1. The normalized spacial score (nSPS) is 10.4. The molecule has 3 N–H and O–H groups in total. The zero-order chi connectivity index (χ0) is 13.1. The molecule has 1 heterocycles. The van der Waals surface area contributed by atoms with Gasteiger partial charge in [-0.2, -0.15) is 0 Å². The maximum absolute atomic E-state index is 11.3. The Morgan fingerprint density at radius 3 is 2.83 bits per heavy atom. The lowest BCUT2D eigenvalue weighted by Crippen LogP contribution is -2.08. The second-order valence-electron chi connectivity index (χ2n) is 3.73. The van der Waals surface area contributed by atoms with Crippen LogP contribution >= 0.6 is 11.6 Å². The average Bonchev–Trinajstić information content (AvgIpc) is 2.27. The molecule has 18 heavy (non-hydrogen) atoms. The molecule has 0 aliphatic carbocycles. The molecule has 0 radical (unpaired) electrons. The van der Waals surface area contributed by atoms with Gasteiger partial charge in [0.05, 0.1) is 6.07 Å². The van der Waals surface area contributed by atoms with Crippen LogP contribution in [-0.4, -0.2) is 9.97 Å². The van der Waals surface area contributed by atoms with E-state index in [0.717, 1.165) is 5.56 Å². The summed E-state index contributed by atoms with van der Waals surface area (Å²) in [6.07, 6.45) is 0. The van der Waals surface area contributed by atoms with Gasteiger partial charge in [0.15, 0.2) is 0 Å². The molecule has 0 aliphatic rings. The lowest BCUT2D eigenvalue weighted by Gasteiger charge is -2.07. The van der Waals surface area contributed by atoms with Crippen LogP contribution in [-0.2, 0) is 6.54 Å². The smallest absolute Gasteiger partial charge is 0.254 e. The minimum atomic E-state index is -0.262. The number of aromatic amines is 1. The zero-order valence-electron chi connectivity index (χ0n) is 9.74. The van der Waals surface area contributed by atoms with E-state index in [1.807, 2.05) is 0 Å². The van der Waals surface area contributed by atoms with Crippen LogP contribution in [0.4, 0.5) is 0 Å². The van der Waals surface area contributed by atoms with E-state index in [0.29, 0.717) is 23.1 Å². The fraction of sp³-hybridized carbons (Fsp3) is 0.167. The van der Waals surface area contributed by atoms with E-state index >= 15 is 0 Å². The first-order chi connectivity index (χ1) is 8.58. The van der Waals surface area contributed by atoms with Gasteiger partial charge in [-0.25, -0.2) is 4.98 Å². The van der Waals surface area contributed by atoms with Crippen LogP contribution in [0.5, 0.6) is 11.6 Å². The molecular formula is C12H12ClN3O2. The van der Waals surface area contributed by atoms with E-state index < -0.39 is 0 Å². The molecule has 6 heteroatoms. The Hall–Kier alpha value is -1.85. The summed E-state index contributed by atoms with van der Waals surface area (Å²) in [5, 5.41) is 0.525.